The third kappa shape index (κ3) is 4.45. The number of fused-ring (bicyclic) bond motifs is 10. The fourth-order valence-electron chi connectivity index (χ4n) is 8.29. The van der Waals surface area contributed by atoms with Crippen LogP contribution in [0, 0.1) is 0 Å². The van der Waals surface area contributed by atoms with Gasteiger partial charge in [0, 0.05) is 63.7 Å². The molecule has 0 spiro atoms. The Morgan fingerprint density at radius 2 is 1.17 bits per heavy atom. The van der Waals surface area contributed by atoms with E-state index in [4.69, 9.17) is 4.99 Å². The lowest BCUT2D eigenvalue weighted by molar-refractivity contribution is 0.226. The fraction of sp³-hybridized carbons (Fsp3) is 0.0652. The normalized spacial score (nSPS) is 16.6. The first-order valence-corrected chi connectivity index (χ1v) is 19.3. The van der Waals surface area contributed by atoms with Gasteiger partial charge in [0.1, 0.15) is 12.0 Å². The summed E-state index contributed by atoms with van der Waals surface area (Å²) in [6.45, 7) is 0. The molecule has 1 aliphatic rings. The Bertz CT molecular complexity index is 3030. The Kier molecular flexibility index (Phi) is 6.68. The van der Waals surface area contributed by atoms with Crippen molar-refractivity contribution in [3.63, 3.8) is 0 Å². The van der Waals surface area contributed by atoms with E-state index in [0.29, 0.717) is 0 Å². The van der Waals surface area contributed by atoms with E-state index in [1.54, 1.807) is 0 Å². The number of aliphatic imine (C=N–C) groups is 1. The number of rotatable bonds is 4. The largest absolute Gasteiger partial charge is 0.340 e. The van der Waals surface area contributed by atoms with Crippen LogP contribution in [-0.4, -0.2) is 22.4 Å². The number of benzene rings is 7. The van der Waals surface area contributed by atoms with Gasteiger partial charge in [0.15, 0.2) is 6.29 Å². The second-order valence-electron chi connectivity index (χ2n) is 13.6. The van der Waals surface area contributed by atoms with Gasteiger partial charge in [-0.3, -0.25) is 5.32 Å². The summed E-state index contributed by atoms with van der Waals surface area (Å²) in [5.41, 5.74) is 7.11. The van der Waals surface area contributed by atoms with E-state index in [0.717, 1.165) is 11.4 Å². The van der Waals surface area contributed by atoms with Gasteiger partial charge in [-0.15, -0.1) is 22.7 Å². The lowest BCUT2D eigenvalue weighted by Gasteiger charge is -2.39. The standard InChI is InChI=1S/C46H32N4S2/c1-49-44(28-13-4-2-5-14-28)47-46(48-45(49)29-15-6-3-7-16-29)50-37-26-25-35-33-18-9-11-22-40(33)52-43(35)41(37)36-24-23-30(27-38(36)50)31-19-12-20-34-32-17-8-10-21-39(32)51-42(31)34/h2-27,44,46-47H,1H3. The van der Waals surface area contributed by atoms with Crippen LogP contribution < -0.4 is 5.32 Å². The molecule has 248 valence electrons. The van der Waals surface area contributed by atoms with Gasteiger partial charge in [-0.1, -0.05) is 133 Å². The molecule has 0 saturated carbocycles. The smallest absolute Gasteiger partial charge is 0.184 e. The second kappa shape index (κ2) is 11.6. The first kappa shape index (κ1) is 29.9. The molecule has 0 aliphatic carbocycles. The maximum absolute atomic E-state index is 5.56. The number of thiophene rings is 2. The van der Waals surface area contributed by atoms with Crippen molar-refractivity contribution in [2.75, 3.05) is 7.05 Å². The average Bonchev–Trinajstić information content (AvgIpc) is 3.88. The molecule has 7 aromatic carbocycles. The predicted octanol–water partition coefficient (Wildman–Crippen LogP) is 12.3. The summed E-state index contributed by atoms with van der Waals surface area (Å²) < 4.78 is 7.72. The van der Waals surface area contributed by atoms with Crippen LogP contribution in [0.5, 0.6) is 0 Å². The Labute approximate surface area is 308 Å². The minimum atomic E-state index is -0.362. The lowest BCUT2D eigenvalue weighted by Crippen LogP contribution is -2.47. The Morgan fingerprint density at radius 3 is 1.94 bits per heavy atom. The van der Waals surface area contributed by atoms with Crippen molar-refractivity contribution >= 4 is 90.7 Å². The molecule has 0 saturated heterocycles. The number of hydrogen-bond donors (Lipinski definition) is 1. The van der Waals surface area contributed by atoms with Gasteiger partial charge in [-0.25, -0.2) is 4.99 Å². The van der Waals surface area contributed by atoms with E-state index in [1.165, 1.54) is 78.8 Å². The van der Waals surface area contributed by atoms with Crippen LogP contribution in [-0.2, 0) is 0 Å². The maximum atomic E-state index is 5.56. The first-order chi connectivity index (χ1) is 25.7. The van der Waals surface area contributed by atoms with Crippen molar-refractivity contribution in [2.45, 2.75) is 12.5 Å². The lowest BCUT2D eigenvalue weighted by atomic mass is 10.0. The Morgan fingerprint density at radius 1 is 0.538 bits per heavy atom. The highest BCUT2D eigenvalue weighted by atomic mass is 32.1. The quantitative estimate of drug-likeness (QED) is 0.198. The number of nitrogens with one attached hydrogen (secondary N) is 1. The van der Waals surface area contributed by atoms with Crippen LogP contribution in [0.1, 0.15) is 23.6 Å². The summed E-state index contributed by atoms with van der Waals surface area (Å²) in [5, 5.41) is 11.8. The SMILES string of the molecule is CN1C(c2ccccc2)=NC(n2c3cc(-c4cccc5c4sc4ccccc45)ccc3c3c4sc5ccccc5c4ccc32)NC1c1ccccc1. The van der Waals surface area contributed by atoms with Crippen LogP contribution in [0.2, 0.25) is 0 Å². The highest BCUT2D eigenvalue weighted by molar-refractivity contribution is 7.27. The van der Waals surface area contributed by atoms with Crippen LogP contribution in [0.15, 0.2) is 163 Å². The van der Waals surface area contributed by atoms with E-state index in [2.05, 4.69) is 180 Å². The minimum absolute atomic E-state index is 0.0880. The molecule has 0 radical (unpaired) electrons. The molecular formula is C46H32N4S2. The zero-order chi connectivity index (χ0) is 34.3. The summed E-state index contributed by atoms with van der Waals surface area (Å²) in [6.07, 6.45) is -0.450. The average molecular weight is 705 g/mol. The van der Waals surface area contributed by atoms with E-state index < -0.39 is 0 Å². The molecule has 10 aromatic rings. The van der Waals surface area contributed by atoms with Crippen LogP contribution >= 0.6 is 22.7 Å². The van der Waals surface area contributed by atoms with Crippen molar-refractivity contribution in [3.8, 4) is 11.1 Å². The summed E-state index contributed by atoms with van der Waals surface area (Å²) in [6, 6.07) is 57.3. The Hall–Kier alpha value is -5.79. The molecule has 6 heteroatoms. The molecular weight excluding hydrogens is 673 g/mol. The van der Waals surface area contributed by atoms with E-state index in [1.807, 2.05) is 22.7 Å². The van der Waals surface area contributed by atoms with E-state index in [-0.39, 0.29) is 12.5 Å². The van der Waals surface area contributed by atoms with Gasteiger partial charge in [-0.05, 0) is 41.0 Å². The van der Waals surface area contributed by atoms with Gasteiger partial charge in [-0.2, -0.15) is 0 Å². The third-order valence-electron chi connectivity index (χ3n) is 10.7. The number of nitrogens with zero attached hydrogens (tertiary/aromatic N) is 3. The highest BCUT2D eigenvalue weighted by Gasteiger charge is 2.32. The van der Waals surface area contributed by atoms with Gasteiger partial charge in [0.25, 0.3) is 0 Å². The summed E-state index contributed by atoms with van der Waals surface area (Å²) >= 11 is 3.77. The summed E-state index contributed by atoms with van der Waals surface area (Å²) in [7, 11) is 2.14. The third-order valence-corrected chi connectivity index (χ3v) is 13.1. The van der Waals surface area contributed by atoms with Crippen molar-refractivity contribution in [2.24, 2.45) is 4.99 Å². The van der Waals surface area contributed by atoms with Crippen molar-refractivity contribution in [1.29, 1.82) is 0 Å². The van der Waals surface area contributed by atoms with Crippen molar-refractivity contribution in [3.05, 3.63) is 169 Å². The predicted molar refractivity (Wildman–Crippen MR) is 223 cm³/mol. The molecule has 4 heterocycles. The van der Waals surface area contributed by atoms with Gasteiger partial charge in [0.05, 0.1) is 11.0 Å². The topological polar surface area (TPSA) is 32.6 Å². The maximum Gasteiger partial charge on any atom is 0.184 e. The van der Waals surface area contributed by atoms with Crippen LogP contribution in [0.3, 0.4) is 0 Å². The molecule has 0 bridgehead atoms. The molecule has 3 aromatic heterocycles. The van der Waals surface area contributed by atoms with Crippen molar-refractivity contribution < 1.29 is 0 Å². The number of hydrogen-bond acceptors (Lipinski definition) is 5. The molecule has 11 rings (SSSR count). The van der Waals surface area contributed by atoms with Crippen LogP contribution in [0.25, 0.3) is 73.3 Å². The molecule has 4 nitrogen and oxygen atoms in total. The summed E-state index contributed by atoms with van der Waals surface area (Å²) in [5.74, 6) is 0.961. The molecule has 2 atom stereocenters. The minimum Gasteiger partial charge on any atom is -0.340 e. The van der Waals surface area contributed by atoms with E-state index >= 15 is 0 Å². The highest BCUT2D eigenvalue weighted by Crippen LogP contribution is 2.46. The van der Waals surface area contributed by atoms with Crippen LogP contribution in [0.4, 0.5) is 0 Å². The zero-order valence-electron chi connectivity index (χ0n) is 28.3. The molecule has 0 fully saturated rings. The van der Waals surface area contributed by atoms with Gasteiger partial charge in [0.2, 0.25) is 0 Å². The fourth-order valence-corrected chi connectivity index (χ4v) is 10.8. The summed E-state index contributed by atoms with van der Waals surface area (Å²) in [4.78, 5) is 7.83. The second-order valence-corrected chi connectivity index (χ2v) is 15.7. The molecule has 1 N–H and O–H groups in total. The number of aromatic nitrogens is 1. The molecule has 0 amide bonds. The van der Waals surface area contributed by atoms with Gasteiger partial charge < -0.3 is 9.47 Å². The van der Waals surface area contributed by atoms with Gasteiger partial charge >= 0.3 is 0 Å². The molecule has 2 unspecified atom stereocenters. The van der Waals surface area contributed by atoms with Crippen molar-refractivity contribution in [1.82, 2.24) is 14.8 Å². The Balaban J connectivity index is 1.21. The first-order valence-electron chi connectivity index (χ1n) is 17.7. The number of amidine groups is 1. The molecule has 1 aliphatic heterocycles. The zero-order valence-corrected chi connectivity index (χ0v) is 30.0. The monoisotopic (exact) mass is 704 g/mol. The molecule has 52 heavy (non-hydrogen) atoms. The van der Waals surface area contributed by atoms with E-state index in [9.17, 15) is 0 Å².